The molecule has 0 spiro atoms. The number of hydrogen-bond donors (Lipinski definition) is 0. The molecule has 0 aliphatic heterocycles. The van der Waals surface area contributed by atoms with Crippen molar-refractivity contribution in [3.8, 4) is 22.5 Å². The predicted octanol–water partition coefficient (Wildman–Crippen LogP) is 6.57. The molecule has 0 saturated carbocycles. The third-order valence-corrected chi connectivity index (χ3v) is 6.93. The quantitative estimate of drug-likeness (QED) is 0.318. The third kappa shape index (κ3) is 3.88. The molecule has 2 heterocycles. The lowest BCUT2D eigenvalue weighted by Crippen LogP contribution is -1.95. The molecule has 6 heteroatoms. The van der Waals surface area contributed by atoms with E-state index in [4.69, 9.17) is 0 Å². The second-order valence-corrected chi connectivity index (χ2v) is 9.17. The topological polar surface area (TPSA) is 30.7 Å². The van der Waals surface area contributed by atoms with E-state index in [-0.39, 0.29) is 0 Å². The Kier molecular flexibility index (Phi) is 5.48. The Morgan fingerprint density at radius 3 is 2.52 bits per heavy atom. The summed E-state index contributed by atoms with van der Waals surface area (Å²) < 4.78 is 3.19. The van der Waals surface area contributed by atoms with Crippen LogP contribution in [0.3, 0.4) is 0 Å². The average Bonchev–Trinajstić information content (AvgIpc) is 3.24. The van der Waals surface area contributed by atoms with Crippen molar-refractivity contribution in [1.29, 1.82) is 0 Å². The first kappa shape index (κ1) is 18.5. The summed E-state index contributed by atoms with van der Waals surface area (Å²) in [4.78, 5) is 1.29. The van der Waals surface area contributed by atoms with Crippen molar-refractivity contribution in [3.05, 3.63) is 74.9 Å². The number of thiophene rings is 1. The van der Waals surface area contributed by atoms with E-state index in [9.17, 15) is 0 Å². The second-order valence-electron chi connectivity index (χ2n) is 6.23. The number of halogens is 1. The maximum absolute atomic E-state index is 4.50. The van der Waals surface area contributed by atoms with Gasteiger partial charge >= 0.3 is 0 Å². The summed E-state index contributed by atoms with van der Waals surface area (Å²) >= 11 is 6.94. The summed E-state index contributed by atoms with van der Waals surface area (Å²) in [6.45, 7) is 2.16. The van der Waals surface area contributed by atoms with Crippen LogP contribution in [0.15, 0.2) is 69.6 Å². The summed E-state index contributed by atoms with van der Waals surface area (Å²) in [7, 11) is 2.04. The molecule has 0 bridgehead atoms. The van der Waals surface area contributed by atoms with E-state index in [1.165, 1.54) is 21.6 Å². The highest BCUT2D eigenvalue weighted by Crippen LogP contribution is 2.38. The molecule has 0 unspecified atom stereocenters. The van der Waals surface area contributed by atoms with Crippen molar-refractivity contribution in [3.63, 3.8) is 0 Å². The number of aromatic nitrogens is 3. The zero-order chi connectivity index (χ0) is 18.8. The molecule has 4 aromatic rings. The summed E-state index contributed by atoms with van der Waals surface area (Å²) in [5.74, 6) is 1.78. The maximum atomic E-state index is 4.50. The van der Waals surface area contributed by atoms with Crippen molar-refractivity contribution < 1.29 is 0 Å². The first-order chi connectivity index (χ1) is 13.1. The molecule has 0 radical (unpaired) electrons. The Morgan fingerprint density at radius 2 is 1.78 bits per heavy atom. The molecule has 0 amide bonds. The van der Waals surface area contributed by atoms with Crippen molar-refractivity contribution in [2.45, 2.75) is 17.8 Å². The molecule has 0 atom stereocenters. The SMILES string of the molecule is Cc1scc(-c2nnc(SCc3ccc(Br)cc3)n2C)c1-c1ccccc1. The predicted molar refractivity (Wildman–Crippen MR) is 118 cm³/mol. The maximum Gasteiger partial charge on any atom is 0.191 e. The number of hydrogen-bond acceptors (Lipinski definition) is 4. The van der Waals surface area contributed by atoms with E-state index < -0.39 is 0 Å². The van der Waals surface area contributed by atoms with Crippen LogP contribution in [-0.4, -0.2) is 14.8 Å². The fraction of sp³-hybridized carbons (Fsp3) is 0.143. The van der Waals surface area contributed by atoms with Gasteiger partial charge in [0.05, 0.1) is 0 Å². The third-order valence-electron chi connectivity index (χ3n) is 4.39. The molecule has 0 aliphatic rings. The van der Waals surface area contributed by atoms with E-state index >= 15 is 0 Å². The summed E-state index contributed by atoms with van der Waals surface area (Å²) in [6, 6.07) is 18.9. The van der Waals surface area contributed by atoms with Gasteiger partial charge in [-0.3, -0.25) is 0 Å². The van der Waals surface area contributed by atoms with Gasteiger partial charge in [0.1, 0.15) is 0 Å². The van der Waals surface area contributed by atoms with Gasteiger partial charge in [-0.25, -0.2) is 0 Å². The number of benzene rings is 2. The molecule has 0 N–H and O–H groups in total. The van der Waals surface area contributed by atoms with Crippen molar-refractivity contribution >= 4 is 39.0 Å². The fourth-order valence-corrected chi connectivity index (χ4v) is 4.98. The van der Waals surface area contributed by atoms with Crippen molar-refractivity contribution in [2.24, 2.45) is 7.05 Å². The molecule has 4 rings (SSSR count). The highest BCUT2D eigenvalue weighted by atomic mass is 79.9. The van der Waals surface area contributed by atoms with Gasteiger partial charge in [0.2, 0.25) is 0 Å². The van der Waals surface area contributed by atoms with E-state index in [0.717, 1.165) is 26.8 Å². The van der Waals surface area contributed by atoms with Gasteiger partial charge in [-0.1, -0.05) is 70.2 Å². The summed E-state index contributed by atoms with van der Waals surface area (Å²) in [5.41, 5.74) is 4.89. The zero-order valence-electron chi connectivity index (χ0n) is 15.0. The van der Waals surface area contributed by atoms with E-state index in [2.05, 4.69) is 91.5 Å². The molecule has 0 aliphatic carbocycles. The Balaban J connectivity index is 1.62. The lowest BCUT2D eigenvalue weighted by atomic mass is 10.0. The van der Waals surface area contributed by atoms with Gasteiger partial charge in [-0.05, 0) is 30.2 Å². The number of rotatable bonds is 5. The van der Waals surface area contributed by atoms with Crippen LogP contribution in [0.1, 0.15) is 10.4 Å². The van der Waals surface area contributed by atoms with Crippen LogP contribution in [-0.2, 0) is 12.8 Å². The fourth-order valence-electron chi connectivity index (χ4n) is 2.99. The van der Waals surface area contributed by atoms with Gasteiger partial charge in [0.15, 0.2) is 11.0 Å². The zero-order valence-corrected chi connectivity index (χ0v) is 18.2. The number of aryl methyl sites for hydroxylation is 1. The minimum Gasteiger partial charge on any atom is -0.305 e. The molecular formula is C21H18BrN3S2. The number of nitrogens with zero attached hydrogens (tertiary/aromatic N) is 3. The van der Waals surface area contributed by atoms with Gasteiger partial charge in [-0.2, -0.15) is 0 Å². The van der Waals surface area contributed by atoms with Gasteiger partial charge in [0, 0.05) is 38.7 Å². The Labute approximate surface area is 175 Å². The first-order valence-corrected chi connectivity index (χ1v) is 11.2. The van der Waals surface area contributed by atoms with E-state index in [1.54, 1.807) is 23.1 Å². The van der Waals surface area contributed by atoms with Crippen molar-refractivity contribution in [1.82, 2.24) is 14.8 Å². The van der Waals surface area contributed by atoms with Gasteiger partial charge in [-0.15, -0.1) is 21.5 Å². The monoisotopic (exact) mass is 455 g/mol. The Bertz CT molecular complexity index is 1050. The summed E-state index contributed by atoms with van der Waals surface area (Å²) in [5, 5.41) is 12.1. The smallest absolute Gasteiger partial charge is 0.191 e. The second kappa shape index (κ2) is 8.00. The van der Waals surface area contributed by atoms with Gasteiger partial charge < -0.3 is 4.57 Å². The average molecular weight is 456 g/mol. The normalized spacial score (nSPS) is 11.1. The van der Waals surface area contributed by atoms with Crippen LogP contribution in [0.5, 0.6) is 0 Å². The van der Waals surface area contributed by atoms with Crippen LogP contribution >= 0.6 is 39.0 Å². The Morgan fingerprint density at radius 1 is 1.04 bits per heavy atom. The van der Waals surface area contributed by atoms with Crippen LogP contribution in [0, 0.1) is 6.92 Å². The lowest BCUT2D eigenvalue weighted by molar-refractivity contribution is 0.794. The number of thioether (sulfide) groups is 1. The highest BCUT2D eigenvalue weighted by Gasteiger charge is 2.18. The first-order valence-electron chi connectivity index (χ1n) is 8.54. The van der Waals surface area contributed by atoms with Crippen LogP contribution in [0.2, 0.25) is 0 Å². The lowest BCUT2D eigenvalue weighted by Gasteiger charge is -2.07. The minimum absolute atomic E-state index is 0.869. The Hall–Kier alpha value is -1.89. The highest BCUT2D eigenvalue weighted by molar-refractivity contribution is 9.10. The van der Waals surface area contributed by atoms with E-state index in [1.807, 2.05) is 13.1 Å². The molecule has 136 valence electrons. The van der Waals surface area contributed by atoms with Crippen LogP contribution in [0.4, 0.5) is 0 Å². The molecule has 2 aromatic heterocycles. The van der Waals surface area contributed by atoms with Gasteiger partial charge in [0.25, 0.3) is 0 Å². The molecular weight excluding hydrogens is 438 g/mol. The standard InChI is InChI=1S/C21H18BrN3S2/c1-14-19(16-6-4-3-5-7-16)18(13-26-14)20-23-24-21(25(20)2)27-12-15-8-10-17(22)11-9-15/h3-11,13H,12H2,1-2H3. The molecule has 27 heavy (non-hydrogen) atoms. The largest absolute Gasteiger partial charge is 0.305 e. The van der Waals surface area contributed by atoms with E-state index in [0.29, 0.717) is 0 Å². The molecule has 3 nitrogen and oxygen atoms in total. The minimum atomic E-state index is 0.869. The summed E-state index contributed by atoms with van der Waals surface area (Å²) in [6.07, 6.45) is 0. The van der Waals surface area contributed by atoms with Crippen LogP contribution in [0.25, 0.3) is 22.5 Å². The van der Waals surface area contributed by atoms with Crippen LogP contribution < -0.4 is 0 Å². The molecule has 0 fully saturated rings. The van der Waals surface area contributed by atoms with Crippen molar-refractivity contribution in [2.75, 3.05) is 0 Å². The molecule has 0 saturated heterocycles. The molecule has 2 aromatic carbocycles.